The van der Waals surface area contributed by atoms with E-state index in [9.17, 15) is 9.59 Å². The van der Waals surface area contributed by atoms with Crippen molar-refractivity contribution in [2.45, 2.75) is 19.8 Å². The van der Waals surface area contributed by atoms with E-state index in [4.69, 9.17) is 9.47 Å². The highest BCUT2D eigenvalue weighted by Crippen LogP contribution is 2.13. The van der Waals surface area contributed by atoms with Gasteiger partial charge in [0.05, 0.1) is 6.61 Å². The quantitative estimate of drug-likeness (QED) is 0.693. The Balaban J connectivity index is 2.30. The highest BCUT2D eigenvalue weighted by Gasteiger charge is 2.02. The molecule has 0 atom stereocenters. The molecule has 0 radical (unpaired) electrons. The average molecular weight is 279 g/mol. The van der Waals surface area contributed by atoms with Gasteiger partial charge in [0.25, 0.3) is 5.91 Å². The molecule has 5 heteroatoms. The van der Waals surface area contributed by atoms with E-state index in [-0.39, 0.29) is 18.3 Å². The van der Waals surface area contributed by atoms with Crippen molar-refractivity contribution < 1.29 is 19.1 Å². The first-order valence-electron chi connectivity index (χ1n) is 6.58. The van der Waals surface area contributed by atoms with Crippen molar-refractivity contribution in [3.63, 3.8) is 0 Å². The normalized spacial score (nSPS) is 10.1. The van der Waals surface area contributed by atoms with Crippen LogP contribution in [-0.4, -0.2) is 38.6 Å². The molecule has 1 N–H and O–H groups in total. The Morgan fingerprint density at radius 2 is 1.90 bits per heavy atom. The average Bonchev–Trinajstić information content (AvgIpc) is 2.44. The Hall–Kier alpha value is -1.88. The van der Waals surface area contributed by atoms with Crippen LogP contribution in [-0.2, 0) is 20.7 Å². The number of hydrogen-bond donors (Lipinski definition) is 1. The third-order valence-electron chi connectivity index (χ3n) is 2.69. The van der Waals surface area contributed by atoms with Crippen LogP contribution in [0, 0.1) is 0 Å². The van der Waals surface area contributed by atoms with Gasteiger partial charge in [-0.2, -0.15) is 0 Å². The molecule has 0 unspecified atom stereocenters. The summed E-state index contributed by atoms with van der Waals surface area (Å²) in [6.07, 6.45) is 1.27. The number of methoxy groups -OCH3 is 1. The molecule has 0 saturated heterocycles. The van der Waals surface area contributed by atoms with Crippen molar-refractivity contribution >= 4 is 11.7 Å². The van der Waals surface area contributed by atoms with Crippen molar-refractivity contribution in [3.05, 3.63) is 29.8 Å². The van der Waals surface area contributed by atoms with E-state index in [1.807, 2.05) is 12.1 Å². The van der Waals surface area contributed by atoms with Crippen LogP contribution < -0.4 is 10.1 Å². The van der Waals surface area contributed by atoms with Gasteiger partial charge in [0, 0.05) is 20.1 Å². The predicted octanol–water partition coefficient (Wildman–Crippen LogP) is 1.35. The number of hydrogen-bond acceptors (Lipinski definition) is 4. The summed E-state index contributed by atoms with van der Waals surface area (Å²) in [6, 6.07) is 7.41. The number of nitrogens with one attached hydrogen (secondary N) is 1. The van der Waals surface area contributed by atoms with Gasteiger partial charge in [0.2, 0.25) is 0 Å². The SMILES string of the molecule is COCCNC(=O)COc1ccc(CCC(C)=O)cc1. The number of benzene rings is 1. The van der Waals surface area contributed by atoms with Gasteiger partial charge in [-0.25, -0.2) is 0 Å². The van der Waals surface area contributed by atoms with Gasteiger partial charge in [-0.1, -0.05) is 12.1 Å². The maximum Gasteiger partial charge on any atom is 0.258 e. The minimum atomic E-state index is -0.178. The molecule has 1 aromatic rings. The molecule has 1 rings (SSSR count). The molecule has 0 aromatic heterocycles. The molecule has 5 nitrogen and oxygen atoms in total. The van der Waals surface area contributed by atoms with Crippen LogP contribution in [0.25, 0.3) is 0 Å². The Labute approximate surface area is 119 Å². The number of rotatable bonds is 9. The highest BCUT2D eigenvalue weighted by molar-refractivity contribution is 5.77. The van der Waals surface area contributed by atoms with Gasteiger partial charge in [-0.05, 0) is 31.0 Å². The molecule has 0 aliphatic heterocycles. The third kappa shape index (κ3) is 6.89. The van der Waals surface area contributed by atoms with Crippen molar-refractivity contribution in [2.24, 2.45) is 0 Å². The Kier molecular flexibility index (Phi) is 7.35. The first-order valence-corrected chi connectivity index (χ1v) is 6.58. The van der Waals surface area contributed by atoms with Crippen LogP contribution in [0.2, 0.25) is 0 Å². The molecular formula is C15H21NO4. The first-order chi connectivity index (χ1) is 9.61. The molecule has 1 aromatic carbocycles. The standard InChI is InChI=1S/C15H21NO4/c1-12(17)3-4-13-5-7-14(8-6-13)20-11-15(18)16-9-10-19-2/h5-8H,3-4,9-11H2,1-2H3,(H,16,18). The molecule has 0 saturated carbocycles. The van der Waals surface area contributed by atoms with Crippen molar-refractivity contribution in [1.29, 1.82) is 0 Å². The smallest absolute Gasteiger partial charge is 0.258 e. The Morgan fingerprint density at radius 3 is 2.50 bits per heavy atom. The summed E-state index contributed by atoms with van der Waals surface area (Å²) in [7, 11) is 1.58. The number of Topliss-reactive ketones (excluding diaryl/α,β-unsaturated/α-hetero) is 1. The number of amides is 1. The predicted molar refractivity (Wildman–Crippen MR) is 75.8 cm³/mol. The van der Waals surface area contributed by atoms with Crippen molar-refractivity contribution in [3.8, 4) is 5.75 Å². The fourth-order valence-corrected chi connectivity index (χ4v) is 1.57. The summed E-state index contributed by atoms with van der Waals surface area (Å²) >= 11 is 0. The van der Waals surface area contributed by atoms with Crippen LogP contribution >= 0.6 is 0 Å². The first kappa shape index (κ1) is 16.2. The molecule has 1 amide bonds. The molecular weight excluding hydrogens is 258 g/mol. The lowest BCUT2D eigenvalue weighted by atomic mass is 10.1. The molecule has 0 aliphatic rings. The molecule has 0 fully saturated rings. The zero-order valence-corrected chi connectivity index (χ0v) is 12.0. The summed E-state index contributed by atoms with van der Waals surface area (Å²) in [5, 5.41) is 2.67. The van der Waals surface area contributed by atoms with Gasteiger partial charge in [-0.3, -0.25) is 4.79 Å². The zero-order chi connectivity index (χ0) is 14.8. The lowest BCUT2D eigenvalue weighted by Crippen LogP contribution is -2.31. The fraction of sp³-hybridized carbons (Fsp3) is 0.467. The second-order valence-electron chi connectivity index (χ2n) is 4.48. The summed E-state index contributed by atoms with van der Waals surface area (Å²) in [5.74, 6) is 0.638. The maximum absolute atomic E-state index is 11.4. The minimum Gasteiger partial charge on any atom is -0.484 e. The molecule has 0 bridgehead atoms. The largest absolute Gasteiger partial charge is 0.484 e. The number of ether oxygens (including phenoxy) is 2. The Morgan fingerprint density at radius 1 is 1.20 bits per heavy atom. The van der Waals surface area contributed by atoms with Crippen LogP contribution in [0.1, 0.15) is 18.9 Å². The minimum absolute atomic E-state index is 0.0174. The van der Waals surface area contributed by atoms with Crippen LogP contribution in [0.15, 0.2) is 24.3 Å². The molecule has 20 heavy (non-hydrogen) atoms. The van der Waals surface area contributed by atoms with E-state index in [0.29, 0.717) is 25.3 Å². The monoisotopic (exact) mass is 279 g/mol. The van der Waals surface area contributed by atoms with Gasteiger partial charge in [0.15, 0.2) is 6.61 Å². The second-order valence-corrected chi connectivity index (χ2v) is 4.48. The number of ketones is 1. The van der Waals surface area contributed by atoms with E-state index in [1.54, 1.807) is 26.2 Å². The van der Waals surface area contributed by atoms with Gasteiger partial charge >= 0.3 is 0 Å². The van der Waals surface area contributed by atoms with E-state index in [1.165, 1.54) is 0 Å². The lowest BCUT2D eigenvalue weighted by molar-refractivity contribution is -0.123. The fourth-order valence-electron chi connectivity index (χ4n) is 1.57. The van der Waals surface area contributed by atoms with Gasteiger partial charge < -0.3 is 19.6 Å². The lowest BCUT2D eigenvalue weighted by Gasteiger charge is -2.07. The summed E-state index contributed by atoms with van der Waals surface area (Å²) in [4.78, 5) is 22.3. The molecule has 0 aliphatic carbocycles. The van der Waals surface area contributed by atoms with Crippen LogP contribution in [0.5, 0.6) is 5.75 Å². The van der Waals surface area contributed by atoms with Gasteiger partial charge in [0.1, 0.15) is 11.5 Å². The molecule has 0 spiro atoms. The number of aryl methyl sites for hydroxylation is 1. The van der Waals surface area contributed by atoms with E-state index in [0.717, 1.165) is 12.0 Å². The highest BCUT2D eigenvalue weighted by atomic mass is 16.5. The van der Waals surface area contributed by atoms with Crippen molar-refractivity contribution in [2.75, 3.05) is 26.9 Å². The second kappa shape index (κ2) is 9.09. The number of carbonyl (C=O) groups excluding carboxylic acids is 2. The van der Waals surface area contributed by atoms with E-state index >= 15 is 0 Å². The molecule has 110 valence electrons. The van der Waals surface area contributed by atoms with E-state index < -0.39 is 0 Å². The zero-order valence-electron chi connectivity index (χ0n) is 12.0. The summed E-state index contributed by atoms with van der Waals surface area (Å²) in [6.45, 7) is 2.52. The maximum atomic E-state index is 11.4. The third-order valence-corrected chi connectivity index (χ3v) is 2.69. The van der Waals surface area contributed by atoms with Crippen molar-refractivity contribution in [1.82, 2.24) is 5.32 Å². The summed E-state index contributed by atoms with van der Waals surface area (Å²) < 4.78 is 10.2. The Bertz CT molecular complexity index is 428. The topological polar surface area (TPSA) is 64.6 Å². The van der Waals surface area contributed by atoms with Crippen LogP contribution in [0.4, 0.5) is 0 Å². The number of carbonyl (C=O) groups is 2. The van der Waals surface area contributed by atoms with Crippen LogP contribution in [0.3, 0.4) is 0 Å². The van der Waals surface area contributed by atoms with E-state index in [2.05, 4.69) is 5.32 Å². The van der Waals surface area contributed by atoms with Gasteiger partial charge in [-0.15, -0.1) is 0 Å². The summed E-state index contributed by atoms with van der Waals surface area (Å²) in [5.41, 5.74) is 1.08. The molecule has 0 heterocycles.